The van der Waals surface area contributed by atoms with Crippen molar-refractivity contribution in [2.45, 2.75) is 30.4 Å². The van der Waals surface area contributed by atoms with E-state index in [-0.39, 0.29) is 11.2 Å². The van der Waals surface area contributed by atoms with Gasteiger partial charge in [-0.3, -0.25) is 9.36 Å². The molecule has 0 aliphatic rings. The summed E-state index contributed by atoms with van der Waals surface area (Å²) >= 11 is 7.43. The van der Waals surface area contributed by atoms with E-state index in [1.54, 1.807) is 11.2 Å². The highest BCUT2D eigenvalue weighted by molar-refractivity contribution is 8.00. The summed E-state index contributed by atoms with van der Waals surface area (Å²) < 4.78 is 7.51. The number of halogens is 1. The predicted octanol–water partition coefficient (Wildman–Crippen LogP) is 5.38. The summed E-state index contributed by atoms with van der Waals surface area (Å²) in [5.74, 6) is 1.50. The van der Waals surface area contributed by atoms with Gasteiger partial charge in [0, 0.05) is 24.2 Å². The maximum Gasteiger partial charge on any atom is 0.235 e. The lowest BCUT2D eigenvalue weighted by molar-refractivity contribution is -0.129. The van der Waals surface area contributed by atoms with Gasteiger partial charge in [0.15, 0.2) is 11.0 Å². The molecule has 2 aromatic heterocycles. The van der Waals surface area contributed by atoms with Gasteiger partial charge < -0.3 is 9.32 Å². The molecule has 4 aromatic rings. The average Bonchev–Trinajstić information content (AvgIpc) is 3.45. The molecule has 0 bridgehead atoms. The van der Waals surface area contributed by atoms with Gasteiger partial charge in [-0.15, -0.1) is 10.2 Å². The van der Waals surface area contributed by atoms with E-state index in [9.17, 15) is 4.79 Å². The number of hydrogen-bond acceptors (Lipinski definition) is 5. The Morgan fingerprint density at radius 1 is 1.09 bits per heavy atom. The lowest BCUT2D eigenvalue weighted by Crippen LogP contribution is -2.33. The quantitative estimate of drug-likeness (QED) is 0.326. The largest absolute Gasteiger partial charge is 0.467 e. The Hall–Kier alpha value is -3.03. The van der Waals surface area contributed by atoms with Crippen LogP contribution in [0.1, 0.15) is 18.2 Å². The molecular formula is C24H23ClN4O2S. The van der Waals surface area contributed by atoms with Crippen molar-refractivity contribution in [3.8, 4) is 11.4 Å². The van der Waals surface area contributed by atoms with Crippen LogP contribution in [0.4, 0.5) is 0 Å². The fourth-order valence-electron chi connectivity index (χ4n) is 3.34. The number of nitrogens with zero attached hydrogens (tertiary/aromatic N) is 4. The smallest absolute Gasteiger partial charge is 0.235 e. The molecule has 0 radical (unpaired) electrons. The summed E-state index contributed by atoms with van der Waals surface area (Å²) in [5.41, 5.74) is 1.98. The molecule has 1 atom stereocenters. The molecule has 8 heteroatoms. The van der Waals surface area contributed by atoms with Crippen LogP contribution in [0.25, 0.3) is 11.4 Å². The number of aromatic nitrogens is 3. The van der Waals surface area contributed by atoms with Crippen LogP contribution >= 0.6 is 23.4 Å². The molecule has 0 N–H and O–H groups in total. The van der Waals surface area contributed by atoms with Crippen LogP contribution in [0.5, 0.6) is 0 Å². The second kappa shape index (κ2) is 10.1. The summed E-state index contributed by atoms with van der Waals surface area (Å²) in [6.45, 7) is 2.91. The molecule has 2 heterocycles. The molecule has 2 aromatic carbocycles. The summed E-state index contributed by atoms with van der Waals surface area (Å²) in [7, 11) is 1.82. The third-order valence-electron chi connectivity index (χ3n) is 4.98. The van der Waals surface area contributed by atoms with E-state index >= 15 is 0 Å². The van der Waals surface area contributed by atoms with Gasteiger partial charge in [-0.1, -0.05) is 53.7 Å². The molecule has 1 amide bonds. The van der Waals surface area contributed by atoms with Gasteiger partial charge in [0.2, 0.25) is 5.91 Å². The van der Waals surface area contributed by atoms with Crippen molar-refractivity contribution >= 4 is 29.3 Å². The topological polar surface area (TPSA) is 64.2 Å². The Balaban J connectivity index is 1.55. The molecule has 1 unspecified atom stereocenters. The van der Waals surface area contributed by atoms with Crippen molar-refractivity contribution in [2.24, 2.45) is 0 Å². The third kappa shape index (κ3) is 5.23. The number of thioether (sulfide) groups is 1. The number of rotatable bonds is 8. The van der Waals surface area contributed by atoms with E-state index in [0.29, 0.717) is 29.1 Å². The Labute approximate surface area is 196 Å². The van der Waals surface area contributed by atoms with Crippen LogP contribution in [0.3, 0.4) is 0 Å². The van der Waals surface area contributed by atoms with Gasteiger partial charge in [0.25, 0.3) is 0 Å². The van der Waals surface area contributed by atoms with Crippen LogP contribution in [0.2, 0.25) is 5.02 Å². The number of hydrogen-bond donors (Lipinski definition) is 0. The van der Waals surface area contributed by atoms with E-state index in [0.717, 1.165) is 16.9 Å². The molecule has 0 aliphatic heterocycles. The molecular weight excluding hydrogens is 444 g/mol. The Morgan fingerprint density at radius 3 is 2.53 bits per heavy atom. The fraction of sp³-hybridized carbons (Fsp3) is 0.208. The van der Waals surface area contributed by atoms with Crippen LogP contribution < -0.4 is 0 Å². The highest BCUT2D eigenvalue weighted by Crippen LogP contribution is 2.29. The zero-order chi connectivity index (χ0) is 22.5. The molecule has 0 fully saturated rings. The minimum atomic E-state index is -0.332. The zero-order valence-corrected chi connectivity index (χ0v) is 19.4. The molecule has 0 saturated carbocycles. The van der Waals surface area contributed by atoms with Gasteiger partial charge in [-0.05, 0) is 48.9 Å². The third-order valence-corrected chi connectivity index (χ3v) is 6.30. The lowest BCUT2D eigenvalue weighted by atomic mass is 10.2. The first-order chi connectivity index (χ1) is 15.5. The van der Waals surface area contributed by atoms with E-state index in [1.807, 2.05) is 85.3 Å². The zero-order valence-electron chi connectivity index (χ0n) is 17.8. The second-order valence-electron chi connectivity index (χ2n) is 7.42. The Kier molecular flexibility index (Phi) is 6.97. The minimum Gasteiger partial charge on any atom is -0.467 e. The number of carbonyl (C=O) groups is 1. The standard InChI is InChI=1S/C24H23ClN4O2S/c1-17(23(30)28(2)15-18-7-4-3-5-8-18)32-24-27-26-22(19-10-12-20(25)13-11-19)29(24)16-21-9-6-14-31-21/h3-14,17H,15-16H2,1-2H3. The van der Waals surface area contributed by atoms with Crippen molar-refractivity contribution in [1.29, 1.82) is 0 Å². The summed E-state index contributed by atoms with van der Waals surface area (Å²) in [4.78, 5) is 14.7. The van der Waals surface area contributed by atoms with E-state index in [2.05, 4.69) is 10.2 Å². The van der Waals surface area contributed by atoms with Gasteiger partial charge >= 0.3 is 0 Å². The van der Waals surface area contributed by atoms with Crippen LogP contribution in [0, 0.1) is 0 Å². The molecule has 6 nitrogen and oxygen atoms in total. The maximum absolute atomic E-state index is 13.0. The monoisotopic (exact) mass is 466 g/mol. The van der Waals surface area contributed by atoms with Gasteiger partial charge in [-0.25, -0.2) is 0 Å². The maximum atomic E-state index is 13.0. The average molecular weight is 467 g/mol. The van der Waals surface area contributed by atoms with Crippen molar-refractivity contribution in [2.75, 3.05) is 7.05 Å². The van der Waals surface area contributed by atoms with Crippen molar-refractivity contribution in [1.82, 2.24) is 19.7 Å². The first-order valence-electron chi connectivity index (χ1n) is 10.2. The van der Waals surface area contributed by atoms with Crippen molar-refractivity contribution in [3.05, 3.63) is 89.3 Å². The molecule has 0 spiro atoms. The Morgan fingerprint density at radius 2 is 1.84 bits per heavy atom. The van der Waals surface area contributed by atoms with Gasteiger partial charge in [-0.2, -0.15) is 0 Å². The summed E-state index contributed by atoms with van der Waals surface area (Å²) in [6, 6.07) is 21.1. The molecule has 32 heavy (non-hydrogen) atoms. The molecule has 4 rings (SSSR count). The van der Waals surface area contributed by atoms with Crippen LogP contribution in [-0.2, 0) is 17.9 Å². The number of furan rings is 1. The SMILES string of the molecule is CC(Sc1nnc(-c2ccc(Cl)cc2)n1Cc1ccco1)C(=O)N(C)Cc1ccccc1. The Bertz CT molecular complexity index is 1160. The normalized spacial score (nSPS) is 12.0. The lowest BCUT2D eigenvalue weighted by Gasteiger charge is -2.21. The predicted molar refractivity (Wildman–Crippen MR) is 127 cm³/mol. The van der Waals surface area contributed by atoms with Crippen molar-refractivity contribution in [3.63, 3.8) is 0 Å². The molecule has 0 saturated heterocycles. The highest BCUT2D eigenvalue weighted by atomic mass is 35.5. The van der Waals surface area contributed by atoms with Gasteiger partial charge in [0.05, 0.1) is 18.1 Å². The second-order valence-corrected chi connectivity index (χ2v) is 9.16. The van der Waals surface area contributed by atoms with Crippen LogP contribution in [-0.4, -0.2) is 37.9 Å². The van der Waals surface area contributed by atoms with Crippen LogP contribution in [0.15, 0.2) is 82.6 Å². The molecule has 164 valence electrons. The fourth-order valence-corrected chi connectivity index (χ4v) is 4.43. The number of benzene rings is 2. The first kappa shape index (κ1) is 22.2. The van der Waals surface area contributed by atoms with E-state index < -0.39 is 0 Å². The van der Waals surface area contributed by atoms with E-state index in [1.165, 1.54) is 11.8 Å². The van der Waals surface area contributed by atoms with Crippen molar-refractivity contribution < 1.29 is 9.21 Å². The summed E-state index contributed by atoms with van der Waals surface area (Å²) in [6.07, 6.45) is 1.64. The molecule has 0 aliphatic carbocycles. The summed E-state index contributed by atoms with van der Waals surface area (Å²) in [5, 5.41) is 9.77. The number of carbonyl (C=O) groups excluding carboxylic acids is 1. The number of amides is 1. The van der Waals surface area contributed by atoms with E-state index in [4.69, 9.17) is 16.0 Å². The van der Waals surface area contributed by atoms with Gasteiger partial charge in [0.1, 0.15) is 5.76 Å². The highest BCUT2D eigenvalue weighted by Gasteiger charge is 2.24. The first-order valence-corrected chi connectivity index (χ1v) is 11.4. The minimum absolute atomic E-state index is 0.0273.